The van der Waals surface area contributed by atoms with Gasteiger partial charge in [0.1, 0.15) is 23.8 Å². The second-order valence-corrected chi connectivity index (χ2v) is 7.89. The smallest absolute Gasteiger partial charge is 0.336 e. The van der Waals surface area contributed by atoms with Gasteiger partial charge in [0.15, 0.2) is 5.82 Å². The van der Waals surface area contributed by atoms with Gasteiger partial charge >= 0.3 is 5.63 Å². The third-order valence-electron chi connectivity index (χ3n) is 4.07. The third kappa shape index (κ3) is 4.43. The minimum absolute atomic E-state index is 0.0849. The summed E-state index contributed by atoms with van der Waals surface area (Å²) in [5, 5.41) is 9.42. The molecule has 0 amide bonds. The number of nitrogen functional groups attached to an aromatic ring is 1. The van der Waals surface area contributed by atoms with Gasteiger partial charge in [0, 0.05) is 21.7 Å². The molecule has 2 heterocycles. The summed E-state index contributed by atoms with van der Waals surface area (Å²) in [6.07, 6.45) is 0. The van der Waals surface area contributed by atoms with E-state index in [1.165, 1.54) is 46.8 Å². The van der Waals surface area contributed by atoms with E-state index in [9.17, 15) is 9.18 Å². The van der Waals surface area contributed by atoms with Crippen molar-refractivity contribution in [3.8, 4) is 5.75 Å². The van der Waals surface area contributed by atoms with E-state index in [2.05, 4.69) is 26.1 Å². The molecule has 0 aliphatic heterocycles. The molecule has 0 aliphatic carbocycles. The average molecular weight is 477 g/mol. The van der Waals surface area contributed by atoms with Crippen LogP contribution in [0.15, 0.2) is 67.4 Å². The summed E-state index contributed by atoms with van der Waals surface area (Å²) in [5.74, 6) is 7.09. The van der Waals surface area contributed by atoms with Crippen molar-refractivity contribution in [1.29, 1.82) is 0 Å². The molecular weight excluding hydrogens is 463 g/mol. The van der Waals surface area contributed by atoms with Gasteiger partial charge in [0.2, 0.25) is 5.16 Å². The van der Waals surface area contributed by atoms with E-state index in [1.54, 1.807) is 6.07 Å². The van der Waals surface area contributed by atoms with Gasteiger partial charge in [0.05, 0.1) is 0 Å². The average Bonchev–Trinajstić information content (AvgIpc) is 3.05. The van der Waals surface area contributed by atoms with Gasteiger partial charge in [0.25, 0.3) is 0 Å². The summed E-state index contributed by atoms with van der Waals surface area (Å²) in [6, 6.07) is 12.6. The second kappa shape index (κ2) is 8.26. The molecule has 29 heavy (non-hydrogen) atoms. The maximum absolute atomic E-state index is 13.0. The summed E-state index contributed by atoms with van der Waals surface area (Å²) in [6.45, 7) is 0.0849. The lowest BCUT2D eigenvalue weighted by atomic mass is 10.1. The third-order valence-corrected chi connectivity index (χ3v) is 5.55. The summed E-state index contributed by atoms with van der Waals surface area (Å²) in [7, 11) is 0. The van der Waals surface area contributed by atoms with Crippen molar-refractivity contribution < 1.29 is 13.5 Å². The summed E-state index contributed by atoms with van der Waals surface area (Å²) in [5.41, 5.74) is 0.889. The Morgan fingerprint density at radius 2 is 1.97 bits per heavy atom. The van der Waals surface area contributed by atoms with Crippen LogP contribution in [0.3, 0.4) is 0 Å². The number of ether oxygens (including phenoxy) is 1. The van der Waals surface area contributed by atoms with Crippen LogP contribution in [0.25, 0.3) is 11.0 Å². The number of thioether (sulfide) groups is 1. The van der Waals surface area contributed by atoms with Crippen LogP contribution in [0.4, 0.5) is 4.39 Å². The van der Waals surface area contributed by atoms with E-state index in [0.717, 1.165) is 15.4 Å². The van der Waals surface area contributed by atoms with E-state index in [1.807, 2.05) is 12.1 Å². The molecule has 4 rings (SSSR count). The van der Waals surface area contributed by atoms with E-state index >= 15 is 0 Å². The first-order valence-electron chi connectivity index (χ1n) is 8.42. The van der Waals surface area contributed by atoms with E-state index in [4.69, 9.17) is 15.0 Å². The molecule has 2 N–H and O–H groups in total. The van der Waals surface area contributed by atoms with E-state index in [-0.39, 0.29) is 12.4 Å². The fourth-order valence-corrected chi connectivity index (χ4v) is 3.85. The van der Waals surface area contributed by atoms with Gasteiger partial charge in [-0.15, -0.1) is 10.2 Å². The van der Waals surface area contributed by atoms with Crippen molar-refractivity contribution in [2.45, 2.75) is 17.5 Å². The molecule has 10 heteroatoms. The summed E-state index contributed by atoms with van der Waals surface area (Å²) >= 11 is 4.71. The molecule has 0 unspecified atom stereocenters. The monoisotopic (exact) mass is 476 g/mol. The van der Waals surface area contributed by atoms with Crippen molar-refractivity contribution in [1.82, 2.24) is 14.9 Å². The van der Waals surface area contributed by atoms with E-state index < -0.39 is 5.63 Å². The molecule has 2 aromatic carbocycles. The Morgan fingerprint density at radius 1 is 1.17 bits per heavy atom. The Kier molecular flexibility index (Phi) is 5.54. The summed E-state index contributed by atoms with van der Waals surface area (Å²) in [4.78, 5) is 11.8. The van der Waals surface area contributed by atoms with Gasteiger partial charge in [-0.25, -0.2) is 13.9 Å². The number of hydrogen-bond donors (Lipinski definition) is 1. The molecule has 0 aliphatic rings. The number of benzene rings is 2. The van der Waals surface area contributed by atoms with Gasteiger partial charge in [-0.05, 0) is 48.0 Å². The zero-order valence-electron chi connectivity index (χ0n) is 14.8. The molecular formula is C19H14BrFN4O3S. The van der Waals surface area contributed by atoms with Crippen LogP contribution in [0.2, 0.25) is 0 Å². The minimum Gasteiger partial charge on any atom is -0.486 e. The van der Waals surface area contributed by atoms with Crippen LogP contribution in [0.1, 0.15) is 11.4 Å². The first-order valence-corrected chi connectivity index (χ1v) is 10.2. The maximum atomic E-state index is 13.0. The Bertz CT molecular complexity index is 1230. The van der Waals surface area contributed by atoms with Crippen molar-refractivity contribution in [2.75, 3.05) is 5.84 Å². The lowest BCUT2D eigenvalue weighted by Crippen LogP contribution is -2.15. The molecule has 0 saturated carbocycles. The lowest BCUT2D eigenvalue weighted by molar-refractivity contribution is 0.291. The molecule has 7 nitrogen and oxygen atoms in total. The Morgan fingerprint density at radius 3 is 2.76 bits per heavy atom. The number of rotatable bonds is 6. The van der Waals surface area contributed by atoms with Crippen molar-refractivity contribution >= 4 is 38.7 Å². The van der Waals surface area contributed by atoms with Crippen LogP contribution in [0.5, 0.6) is 5.75 Å². The van der Waals surface area contributed by atoms with Crippen molar-refractivity contribution in [3.05, 3.63) is 80.6 Å². The molecule has 0 saturated heterocycles. The highest BCUT2D eigenvalue weighted by molar-refractivity contribution is 9.10. The number of fused-ring (bicyclic) bond motifs is 1. The van der Waals surface area contributed by atoms with Gasteiger partial charge < -0.3 is 15.0 Å². The molecule has 0 radical (unpaired) electrons. The largest absolute Gasteiger partial charge is 0.486 e. The predicted octanol–water partition coefficient (Wildman–Crippen LogP) is 3.87. The Hall–Kier alpha value is -2.85. The molecule has 2 aromatic heterocycles. The van der Waals surface area contributed by atoms with Crippen molar-refractivity contribution in [3.63, 3.8) is 0 Å². The highest BCUT2D eigenvalue weighted by atomic mass is 79.9. The fourth-order valence-electron chi connectivity index (χ4n) is 2.65. The van der Waals surface area contributed by atoms with Gasteiger partial charge in [-0.3, -0.25) is 0 Å². The lowest BCUT2D eigenvalue weighted by Gasteiger charge is -2.07. The molecule has 0 atom stereocenters. The summed E-state index contributed by atoms with van der Waals surface area (Å²) < 4.78 is 25.9. The second-order valence-electron chi connectivity index (χ2n) is 6.03. The molecule has 0 bridgehead atoms. The molecule has 0 fully saturated rings. The number of hydrogen-bond acceptors (Lipinski definition) is 7. The number of nitrogens with zero attached hydrogens (tertiary/aromatic N) is 3. The van der Waals surface area contributed by atoms with Crippen LogP contribution in [-0.4, -0.2) is 14.9 Å². The Labute approximate surface area is 176 Å². The zero-order chi connectivity index (χ0) is 20.4. The van der Waals surface area contributed by atoms with Crippen LogP contribution >= 0.6 is 27.7 Å². The molecule has 4 aromatic rings. The van der Waals surface area contributed by atoms with Gasteiger partial charge in [-0.1, -0.05) is 27.7 Å². The van der Waals surface area contributed by atoms with Crippen LogP contribution in [0, 0.1) is 5.82 Å². The van der Waals surface area contributed by atoms with Gasteiger partial charge in [-0.2, -0.15) is 0 Å². The van der Waals surface area contributed by atoms with Crippen LogP contribution < -0.4 is 16.2 Å². The highest BCUT2D eigenvalue weighted by Gasteiger charge is 2.13. The number of aromatic nitrogens is 3. The molecule has 148 valence electrons. The highest BCUT2D eigenvalue weighted by Crippen LogP contribution is 2.27. The number of halogens is 2. The standard InChI is InChI=1S/C19H14BrFN4O3S/c20-12-1-6-15-11(7-18(26)28-16(15)8-12)10-29-19-24-23-17(25(19)22)9-27-14-4-2-13(21)3-5-14/h1-8H,9-10,22H2. The maximum Gasteiger partial charge on any atom is 0.336 e. The first kappa shape index (κ1) is 19.5. The quantitative estimate of drug-likeness (QED) is 0.256. The van der Waals surface area contributed by atoms with Crippen molar-refractivity contribution in [2.24, 2.45) is 0 Å². The minimum atomic E-state index is -0.422. The predicted molar refractivity (Wildman–Crippen MR) is 111 cm³/mol. The van der Waals surface area contributed by atoms with Crippen LogP contribution in [-0.2, 0) is 12.4 Å². The van der Waals surface area contributed by atoms with E-state index in [0.29, 0.717) is 28.1 Å². The molecule has 0 spiro atoms. The first-order chi connectivity index (χ1) is 14.0. The zero-order valence-corrected chi connectivity index (χ0v) is 17.2. The normalized spacial score (nSPS) is 11.1. The number of nitrogens with two attached hydrogens (primary N) is 1. The fraction of sp³-hybridized carbons (Fsp3) is 0.105. The topological polar surface area (TPSA) is 96.2 Å². The Balaban J connectivity index is 1.48. The SMILES string of the molecule is Nn1c(COc2ccc(F)cc2)nnc1SCc1cc(=O)oc2cc(Br)ccc12.